The minimum Gasteiger partial charge on any atom is -0.378 e. The Hall–Kier alpha value is -3.35. The lowest BCUT2D eigenvalue weighted by atomic mass is 9.91. The molecule has 2 aliphatic rings. The molecule has 1 saturated carbocycles. The molecule has 1 heterocycles. The van der Waals surface area contributed by atoms with E-state index in [4.69, 9.17) is 16.3 Å². The van der Waals surface area contributed by atoms with Crippen LogP contribution in [-0.2, 0) is 27.3 Å². The molecule has 0 bridgehead atoms. The Kier molecular flexibility index (Phi) is 8.30. The molecule has 5 rings (SSSR count). The summed E-state index contributed by atoms with van der Waals surface area (Å²) in [6.45, 7) is 3.52. The third-order valence-corrected chi connectivity index (χ3v) is 7.88. The molecule has 1 N–H and O–H groups in total. The highest BCUT2D eigenvalue weighted by Gasteiger charge is 2.48. The van der Waals surface area contributed by atoms with Gasteiger partial charge in [0.1, 0.15) is 5.54 Å². The van der Waals surface area contributed by atoms with Crippen molar-refractivity contribution in [2.45, 2.75) is 44.2 Å². The second-order valence-corrected chi connectivity index (χ2v) is 10.5. The first-order chi connectivity index (χ1) is 18.5. The largest absolute Gasteiger partial charge is 0.378 e. The van der Waals surface area contributed by atoms with Crippen LogP contribution in [-0.4, -0.2) is 48.6 Å². The number of ether oxygens (including phenoxy) is 1. The lowest BCUT2D eigenvalue weighted by Crippen LogP contribution is -2.57. The van der Waals surface area contributed by atoms with Crippen LogP contribution in [0, 0.1) is 0 Å². The Morgan fingerprint density at radius 1 is 0.868 bits per heavy atom. The number of carbonyl (C=O) groups is 2. The number of anilines is 2. The van der Waals surface area contributed by atoms with Crippen LogP contribution in [0.2, 0.25) is 5.02 Å². The van der Waals surface area contributed by atoms with Crippen molar-refractivity contribution < 1.29 is 14.3 Å². The van der Waals surface area contributed by atoms with Gasteiger partial charge in [0.15, 0.2) is 0 Å². The molecule has 3 aromatic carbocycles. The van der Waals surface area contributed by atoms with Gasteiger partial charge in [-0.05, 0) is 60.4 Å². The first kappa shape index (κ1) is 26.3. The zero-order valence-corrected chi connectivity index (χ0v) is 22.3. The Bertz CT molecular complexity index is 1220. The minimum atomic E-state index is -0.908. The van der Waals surface area contributed by atoms with Crippen LogP contribution in [0.15, 0.2) is 78.9 Å². The number of nitrogens with one attached hydrogen (secondary N) is 1. The van der Waals surface area contributed by atoms with Crippen LogP contribution in [0.25, 0.3) is 0 Å². The summed E-state index contributed by atoms with van der Waals surface area (Å²) >= 11 is 6.12. The number of hydrogen-bond donors (Lipinski definition) is 1. The summed E-state index contributed by atoms with van der Waals surface area (Å²) in [5.41, 5.74) is 2.83. The van der Waals surface area contributed by atoms with Gasteiger partial charge in [-0.1, -0.05) is 66.9 Å². The molecular formula is C31H34ClN3O3. The topological polar surface area (TPSA) is 61.9 Å². The van der Waals surface area contributed by atoms with Gasteiger partial charge in [0.05, 0.1) is 19.6 Å². The maximum atomic E-state index is 14.0. The van der Waals surface area contributed by atoms with E-state index in [2.05, 4.69) is 10.2 Å². The van der Waals surface area contributed by atoms with E-state index in [1.165, 1.54) is 0 Å². The van der Waals surface area contributed by atoms with Gasteiger partial charge in [-0.3, -0.25) is 9.59 Å². The highest BCUT2D eigenvalue weighted by atomic mass is 35.5. The molecule has 0 unspecified atom stereocenters. The molecule has 0 radical (unpaired) electrons. The van der Waals surface area contributed by atoms with Gasteiger partial charge in [0.2, 0.25) is 11.8 Å². The Balaban J connectivity index is 1.39. The zero-order valence-electron chi connectivity index (χ0n) is 21.6. The van der Waals surface area contributed by atoms with Crippen molar-refractivity contribution in [3.63, 3.8) is 0 Å². The van der Waals surface area contributed by atoms with Crippen molar-refractivity contribution in [1.29, 1.82) is 0 Å². The van der Waals surface area contributed by atoms with Crippen molar-refractivity contribution in [3.05, 3.63) is 95.0 Å². The predicted octanol–water partition coefficient (Wildman–Crippen LogP) is 5.70. The Morgan fingerprint density at radius 2 is 1.53 bits per heavy atom. The normalized spacial score (nSPS) is 16.7. The minimum absolute atomic E-state index is 0.0501. The van der Waals surface area contributed by atoms with E-state index in [0.29, 0.717) is 24.4 Å². The van der Waals surface area contributed by atoms with E-state index in [1.54, 1.807) is 0 Å². The zero-order chi connectivity index (χ0) is 26.4. The van der Waals surface area contributed by atoms with Crippen molar-refractivity contribution in [2.75, 3.05) is 36.5 Å². The molecule has 7 heteroatoms. The fourth-order valence-corrected chi connectivity index (χ4v) is 5.65. The molecule has 1 saturated heterocycles. The van der Waals surface area contributed by atoms with Crippen LogP contribution < -0.4 is 10.2 Å². The molecule has 0 spiro atoms. The summed E-state index contributed by atoms with van der Waals surface area (Å²) in [6, 6.07) is 25.2. The van der Waals surface area contributed by atoms with E-state index in [1.807, 2.05) is 83.8 Å². The van der Waals surface area contributed by atoms with Gasteiger partial charge in [-0.2, -0.15) is 0 Å². The predicted molar refractivity (Wildman–Crippen MR) is 151 cm³/mol. The standard InChI is InChI=1S/C31H34ClN3O3/c32-26-10-8-25(9-11-26)23-35(29(36)22-24-6-2-1-3-7-24)31(16-4-5-17-31)30(37)33-27-12-14-28(15-13-27)34-18-20-38-21-19-34/h1-3,6-15H,4-5,16-23H2,(H,33,37). The van der Waals surface area contributed by atoms with Crippen molar-refractivity contribution >= 4 is 34.8 Å². The second-order valence-electron chi connectivity index (χ2n) is 10.1. The number of halogens is 1. The van der Waals surface area contributed by atoms with E-state index in [0.717, 1.165) is 61.6 Å². The van der Waals surface area contributed by atoms with Gasteiger partial charge in [-0.15, -0.1) is 0 Å². The highest BCUT2D eigenvalue weighted by molar-refractivity contribution is 6.30. The van der Waals surface area contributed by atoms with Gasteiger partial charge >= 0.3 is 0 Å². The number of hydrogen-bond acceptors (Lipinski definition) is 4. The average molecular weight is 532 g/mol. The highest BCUT2D eigenvalue weighted by Crippen LogP contribution is 2.38. The molecule has 1 aliphatic carbocycles. The molecule has 3 aromatic rings. The van der Waals surface area contributed by atoms with Gasteiger partial charge in [0.25, 0.3) is 0 Å². The van der Waals surface area contributed by atoms with Crippen LogP contribution in [0.4, 0.5) is 11.4 Å². The lowest BCUT2D eigenvalue weighted by molar-refractivity contribution is -0.145. The third kappa shape index (κ3) is 6.03. The second kappa shape index (κ2) is 12.0. The van der Waals surface area contributed by atoms with E-state index in [-0.39, 0.29) is 18.2 Å². The molecule has 2 fully saturated rings. The first-order valence-electron chi connectivity index (χ1n) is 13.4. The fraction of sp³-hybridized carbons (Fsp3) is 0.355. The summed E-state index contributed by atoms with van der Waals surface area (Å²) in [6.07, 6.45) is 3.33. The molecule has 2 amide bonds. The van der Waals surface area contributed by atoms with Crippen molar-refractivity contribution in [1.82, 2.24) is 4.90 Å². The number of nitrogens with zero attached hydrogens (tertiary/aromatic N) is 2. The monoisotopic (exact) mass is 531 g/mol. The average Bonchev–Trinajstić information content (AvgIpc) is 3.45. The number of carbonyl (C=O) groups excluding carboxylic acids is 2. The Morgan fingerprint density at radius 3 is 2.18 bits per heavy atom. The van der Waals surface area contributed by atoms with E-state index in [9.17, 15) is 9.59 Å². The number of benzene rings is 3. The Labute approximate surface area is 229 Å². The van der Waals surface area contributed by atoms with Crippen molar-refractivity contribution in [3.8, 4) is 0 Å². The number of rotatable bonds is 8. The first-order valence-corrected chi connectivity index (χ1v) is 13.7. The maximum absolute atomic E-state index is 14.0. The summed E-state index contributed by atoms with van der Waals surface area (Å²) in [5.74, 6) is -0.171. The van der Waals surface area contributed by atoms with E-state index < -0.39 is 5.54 Å². The van der Waals surface area contributed by atoms with Gasteiger partial charge in [-0.25, -0.2) is 0 Å². The summed E-state index contributed by atoms with van der Waals surface area (Å²) in [5, 5.41) is 3.80. The van der Waals surface area contributed by atoms with Crippen LogP contribution in [0.3, 0.4) is 0 Å². The molecule has 6 nitrogen and oxygen atoms in total. The third-order valence-electron chi connectivity index (χ3n) is 7.62. The molecule has 0 atom stereocenters. The maximum Gasteiger partial charge on any atom is 0.250 e. The molecule has 38 heavy (non-hydrogen) atoms. The SMILES string of the molecule is O=C(Cc1ccccc1)N(Cc1ccc(Cl)cc1)C1(C(=O)Nc2ccc(N3CCOCC3)cc2)CCCC1. The molecule has 198 valence electrons. The number of amides is 2. The quantitative estimate of drug-likeness (QED) is 0.405. The van der Waals surface area contributed by atoms with Crippen LogP contribution in [0.1, 0.15) is 36.8 Å². The summed E-state index contributed by atoms with van der Waals surface area (Å²) in [4.78, 5) is 32.0. The smallest absolute Gasteiger partial charge is 0.250 e. The lowest BCUT2D eigenvalue weighted by Gasteiger charge is -2.40. The summed E-state index contributed by atoms with van der Waals surface area (Å²) in [7, 11) is 0. The summed E-state index contributed by atoms with van der Waals surface area (Å²) < 4.78 is 5.46. The molecule has 0 aromatic heterocycles. The van der Waals surface area contributed by atoms with E-state index >= 15 is 0 Å². The van der Waals surface area contributed by atoms with Crippen LogP contribution >= 0.6 is 11.6 Å². The number of morpholine rings is 1. The molecule has 1 aliphatic heterocycles. The van der Waals surface area contributed by atoms with Gasteiger partial charge in [0, 0.05) is 36.0 Å². The van der Waals surface area contributed by atoms with Crippen LogP contribution in [0.5, 0.6) is 0 Å². The fourth-order valence-electron chi connectivity index (χ4n) is 5.52. The van der Waals surface area contributed by atoms with Gasteiger partial charge < -0.3 is 19.9 Å². The molecular weight excluding hydrogens is 498 g/mol. The van der Waals surface area contributed by atoms with Crippen molar-refractivity contribution in [2.24, 2.45) is 0 Å².